The fraction of sp³-hybridized carbons (Fsp3) is 0.364. The van der Waals surface area contributed by atoms with E-state index in [2.05, 4.69) is 16.0 Å². The number of ether oxygens (including phenoxy) is 1. The minimum Gasteiger partial charge on any atom is -0.384 e. The van der Waals surface area contributed by atoms with E-state index < -0.39 is 5.82 Å². The second-order valence-corrected chi connectivity index (χ2v) is 7.41. The number of hydrogen-bond donors (Lipinski definition) is 3. The van der Waals surface area contributed by atoms with Gasteiger partial charge in [0.05, 0.1) is 6.61 Å². The quantitative estimate of drug-likeness (QED) is 0.669. The van der Waals surface area contributed by atoms with E-state index in [1.54, 1.807) is 31.4 Å². The number of rotatable bonds is 7. The number of anilines is 1. The van der Waals surface area contributed by atoms with Crippen LogP contribution in [0.1, 0.15) is 33.6 Å². The van der Waals surface area contributed by atoms with Crippen molar-refractivity contribution >= 4 is 17.5 Å². The Kier molecular flexibility index (Phi) is 6.95. The first-order valence-electron chi connectivity index (χ1n) is 9.66. The summed E-state index contributed by atoms with van der Waals surface area (Å²) in [5.41, 5.74) is 1.24. The van der Waals surface area contributed by atoms with Crippen molar-refractivity contribution in [2.45, 2.75) is 12.8 Å². The molecule has 29 heavy (non-hydrogen) atoms. The Balaban J connectivity index is 1.63. The van der Waals surface area contributed by atoms with E-state index in [9.17, 15) is 14.0 Å². The maximum absolute atomic E-state index is 13.0. The zero-order valence-corrected chi connectivity index (χ0v) is 16.5. The third-order valence-electron chi connectivity index (χ3n) is 5.23. The third-order valence-corrected chi connectivity index (χ3v) is 5.23. The van der Waals surface area contributed by atoms with Crippen molar-refractivity contribution in [1.82, 2.24) is 10.6 Å². The first kappa shape index (κ1) is 21.0. The lowest BCUT2D eigenvalue weighted by molar-refractivity contribution is 0.0511. The maximum Gasteiger partial charge on any atom is 0.255 e. The topological polar surface area (TPSA) is 79.5 Å². The molecule has 0 spiro atoms. The van der Waals surface area contributed by atoms with Crippen LogP contribution in [0.15, 0.2) is 48.5 Å². The Hall–Kier alpha value is -2.77. The first-order chi connectivity index (χ1) is 14.0. The fourth-order valence-electron chi connectivity index (χ4n) is 3.55. The molecule has 0 unspecified atom stereocenters. The van der Waals surface area contributed by atoms with Gasteiger partial charge in [0, 0.05) is 35.9 Å². The lowest BCUT2D eigenvalue weighted by atomic mass is 9.79. The molecular formula is C22H26FN3O3. The number of amides is 2. The minimum atomic E-state index is -0.403. The van der Waals surface area contributed by atoms with Crippen LogP contribution in [0.5, 0.6) is 0 Å². The molecule has 1 aliphatic heterocycles. The highest BCUT2D eigenvalue weighted by Crippen LogP contribution is 2.28. The molecule has 1 fully saturated rings. The van der Waals surface area contributed by atoms with Crippen LogP contribution in [0, 0.1) is 11.2 Å². The van der Waals surface area contributed by atoms with Crippen molar-refractivity contribution in [2.24, 2.45) is 5.41 Å². The van der Waals surface area contributed by atoms with Gasteiger partial charge in [-0.25, -0.2) is 4.39 Å². The van der Waals surface area contributed by atoms with Crippen LogP contribution in [0.2, 0.25) is 0 Å². The minimum absolute atomic E-state index is 0.0654. The van der Waals surface area contributed by atoms with Crippen molar-refractivity contribution in [2.75, 3.05) is 38.7 Å². The van der Waals surface area contributed by atoms with Gasteiger partial charge in [-0.1, -0.05) is 6.07 Å². The smallest absolute Gasteiger partial charge is 0.255 e. The molecule has 3 rings (SSSR count). The van der Waals surface area contributed by atoms with E-state index in [-0.39, 0.29) is 17.2 Å². The molecule has 2 amide bonds. The largest absolute Gasteiger partial charge is 0.384 e. The van der Waals surface area contributed by atoms with Gasteiger partial charge in [-0.2, -0.15) is 0 Å². The van der Waals surface area contributed by atoms with Gasteiger partial charge in [-0.05, 0) is 68.4 Å². The van der Waals surface area contributed by atoms with Crippen LogP contribution >= 0.6 is 0 Å². The summed E-state index contributed by atoms with van der Waals surface area (Å²) in [4.78, 5) is 25.0. The summed E-state index contributed by atoms with van der Waals surface area (Å²) in [6, 6.07) is 12.0. The number of halogens is 1. The van der Waals surface area contributed by atoms with Crippen molar-refractivity contribution < 1.29 is 18.7 Å². The number of hydrogen-bond acceptors (Lipinski definition) is 4. The third kappa shape index (κ3) is 5.62. The number of methoxy groups -OCH3 is 1. The predicted molar refractivity (Wildman–Crippen MR) is 110 cm³/mol. The molecule has 0 atom stereocenters. The average molecular weight is 399 g/mol. The van der Waals surface area contributed by atoms with Crippen LogP contribution in [0.25, 0.3) is 0 Å². The number of benzene rings is 2. The summed E-state index contributed by atoms with van der Waals surface area (Å²) >= 11 is 0. The predicted octanol–water partition coefficient (Wildman–Crippen LogP) is 2.82. The lowest BCUT2D eigenvalue weighted by Gasteiger charge is -2.37. The summed E-state index contributed by atoms with van der Waals surface area (Å²) in [6.45, 7) is 2.95. The van der Waals surface area contributed by atoms with Gasteiger partial charge in [0.25, 0.3) is 11.8 Å². The van der Waals surface area contributed by atoms with E-state index in [4.69, 9.17) is 4.74 Å². The van der Waals surface area contributed by atoms with Crippen molar-refractivity contribution in [3.05, 3.63) is 65.5 Å². The van der Waals surface area contributed by atoms with Crippen LogP contribution < -0.4 is 16.0 Å². The zero-order valence-electron chi connectivity index (χ0n) is 16.5. The van der Waals surface area contributed by atoms with Crippen molar-refractivity contribution in [3.8, 4) is 0 Å². The average Bonchev–Trinajstić information content (AvgIpc) is 2.73. The molecule has 1 heterocycles. The number of carbonyl (C=O) groups is 2. The SMILES string of the molecule is COCC1(CNC(=O)c2cccc(NC(=O)c3ccc(F)cc3)c2)CCNCC1. The first-order valence-corrected chi connectivity index (χ1v) is 9.66. The molecule has 1 aliphatic rings. The molecule has 154 valence electrons. The summed E-state index contributed by atoms with van der Waals surface area (Å²) < 4.78 is 18.4. The Morgan fingerprint density at radius 1 is 1.07 bits per heavy atom. The molecule has 0 radical (unpaired) electrons. The molecule has 0 aliphatic carbocycles. The molecule has 0 bridgehead atoms. The fourth-order valence-corrected chi connectivity index (χ4v) is 3.55. The Labute approximate surface area is 169 Å². The Morgan fingerprint density at radius 2 is 1.79 bits per heavy atom. The summed E-state index contributed by atoms with van der Waals surface area (Å²) in [6.07, 6.45) is 1.88. The summed E-state index contributed by atoms with van der Waals surface area (Å²) in [5, 5.41) is 9.08. The van der Waals surface area contributed by atoms with Gasteiger partial charge in [0.15, 0.2) is 0 Å². The van der Waals surface area contributed by atoms with Gasteiger partial charge >= 0.3 is 0 Å². The molecule has 0 saturated carbocycles. The number of carbonyl (C=O) groups excluding carboxylic acids is 2. The van der Waals surface area contributed by atoms with E-state index in [1.807, 2.05) is 0 Å². The van der Waals surface area contributed by atoms with E-state index >= 15 is 0 Å². The molecule has 7 heteroatoms. The van der Waals surface area contributed by atoms with Crippen molar-refractivity contribution in [1.29, 1.82) is 0 Å². The summed E-state index contributed by atoms with van der Waals surface area (Å²) in [5.74, 6) is -0.964. The van der Waals surface area contributed by atoms with Gasteiger partial charge in [0.1, 0.15) is 5.82 Å². The van der Waals surface area contributed by atoms with E-state index in [0.717, 1.165) is 25.9 Å². The van der Waals surface area contributed by atoms with E-state index in [0.29, 0.717) is 30.0 Å². The Bertz CT molecular complexity index is 843. The van der Waals surface area contributed by atoms with Gasteiger partial charge < -0.3 is 20.7 Å². The zero-order chi connectivity index (χ0) is 20.7. The summed E-state index contributed by atoms with van der Waals surface area (Å²) in [7, 11) is 1.68. The maximum atomic E-state index is 13.0. The highest BCUT2D eigenvalue weighted by Gasteiger charge is 2.32. The monoisotopic (exact) mass is 399 g/mol. The molecule has 3 N–H and O–H groups in total. The normalized spacial score (nSPS) is 15.5. The number of piperidine rings is 1. The highest BCUT2D eigenvalue weighted by atomic mass is 19.1. The molecule has 0 aromatic heterocycles. The molecule has 2 aromatic carbocycles. The Morgan fingerprint density at radius 3 is 2.48 bits per heavy atom. The molecule has 6 nitrogen and oxygen atoms in total. The van der Waals surface area contributed by atoms with Crippen LogP contribution in [-0.4, -0.2) is 45.2 Å². The van der Waals surface area contributed by atoms with E-state index in [1.165, 1.54) is 24.3 Å². The molecule has 2 aromatic rings. The second-order valence-electron chi connectivity index (χ2n) is 7.41. The van der Waals surface area contributed by atoms with Crippen molar-refractivity contribution in [3.63, 3.8) is 0 Å². The second kappa shape index (κ2) is 9.62. The van der Waals surface area contributed by atoms with Gasteiger partial charge in [-0.3, -0.25) is 9.59 Å². The van der Waals surface area contributed by atoms with Crippen LogP contribution in [0.4, 0.5) is 10.1 Å². The number of nitrogens with one attached hydrogen (secondary N) is 3. The van der Waals surface area contributed by atoms with Gasteiger partial charge in [0.2, 0.25) is 0 Å². The van der Waals surface area contributed by atoms with Gasteiger partial charge in [-0.15, -0.1) is 0 Å². The lowest BCUT2D eigenvalue weighted by Crippen LogP contribution is -2.47. The highest BCUT2D eigenvalue weighted by molar-refractivity contribution is 6.05. The van der Waals surface area contributed by atoms with Crippen LogP contribution in [-0.2, 0) is 4.74 Å². The standard InChI is InChI=1S/C22H26FN3O3/c1-29-15-22(9-11-24-12-10-22)14-25-20(27)17-3-2-4-19(13-17)26-21(28)16-5-7-18(23)8-6-16/h2-8,13,24H,9-12,14-15H2,1H3,(H,25,27)(H,26,28). The van der Waals surface area contributed by atoms with Crippen LogP contribution in [0.3, 0.4) is 0 Å². The molecule has 1 saturated heterocycles. The molecular weight excluding hydrogens is 373 g/mol.